The normalized spacial score (nSPS) is 10.0. The lowest BCUT2D eigenvalue weighted by atomic mass is 10.0. The molecule has 1 aromatic heterocycles. The maximum Gasteiger partial charge on any atom is 0.212 e. The van der Waals surface area contributed by atoms with E-state index < -0.39 is 0 Å². The lowest BCUT2D eigenvalue weighted by Crippen LogP contribution is -3.00. The summed E-state index contributed by atoms with van der Waals surface area (Å²) >= 11 is 0. The maximum atomic E-state index is 2.26. The van der Waals surface area contributed by atoms with Crippen molar-refractivity contribution in [1.29, 1.82) is 0 Å². The third kappa shape index (κ3) is 3.32. The van der Waals surface area contributed by atoms with Gasteiger partial charge in [-0.3, -0.25) is 0 Å². The predicted molar refractivity (Wildman–Crippen MR) is 83.2 cm³/mol. The van der Waals surface area contributed by atoms with Crippen molar-refractivity contribution in [2.45, 2.75) is 6.92 Å². The number of aromatic nitrogens is 1. The minimum absolute atomic E-state index is 0. The van der Waals surface area contributed by atoms with E-state index in [1.807, 2.05) is 0 Å². The van der Waals surface area contributed by atoms with Crippen molar-refractivity contribution in [3.05, 3.63) is 78.5 Å². The van der Waals surface area contributed by atoms with E-state index in [-0.39, 0.29) is 24.0 Å². The zero-order chi connectivity index (χ0) is 13.9. The molecule has 0 atom stereocenters. The third-order valence-corrected chi connectivity index (χ3v) is 3.64. The largest absolute Gasteiger partial charge is 1.00 e. The number of aryl methyl sites for hydroxylation is 2. The van der Waals surface area contributed by atoms with Gasteiger partial charge in [-0.2, -0.15) is 0 Å². The topological polar surface area (TPSA) is 3.88 Å². The Morgan fingerprint density at radius 3 is 1.86 bits per heavy atom. The van der Waals surface area contributed by atoms with Crippen LogP contribution < -0.4 is 28.5 Å². The molecule has 0 fully saturated rings. The maximum absolute atomic E-state index is 2.26. The van der Waals surface area contributed by atoms with Gasteiger partial charge >= 0.3 is 0 Å². The Balaban J connectivity index is 0.00000161. The van der Waals surface area contributed by atoms with Crippen molar-refractivity contribution in [2.24, 2.45) is 7.05 Å². The van der Waals surface area contributed by atoms with Crippen LogP contribution in [0.25, 0.3) is 22.4 Å². The molecule has 2 aromatic carbocycles. The average Bonchev–Trinajstić information content (AvgIpc) is 2.51. The van der Waals surface area contributed by atoms with Crippen molar-refractivity contribution in [3.8, 4) is 22.4 Å². The fourth-order valence-corrected chi connectivity index (χ4v) is 2.57. The Kier molecular flexibility index (Phi) is 5.12. The Morgan fingerprint density at radius 1 is 0.762 bits per heavy atom. The predicted octanol–water partition coefficient (Wildman–Crippen LogP) is 1.16. The molecule has 3 aromatic rings. The van der Waals surface area contributed by atoms with Crippen molar-refractivity contribution >= 4 is 0 Å². The Bertz CT molecular complexity index is 656. The molecule has 0 aliphatic heterocycles. The van der Waals surface area contributed by atoms with Crippen LogP contribution in [0.3, 0.4) is 0 Å². The van der Waals surface area contributed by atoms with Gasteiger partial charge in [-0.05, 0) is 30.2 Å². The highest BCUT2D eigenvalue weighted by atomic mass is 127. The van der Waals surface area contributed by atoms with Crippen molar-refractivity contribution in [1.82, 2.24) is 0 Å². The standard InChI is InChI=1S/C19H18N.HI/c1-15-13-19(17-11-7-4-8-12-17)20(2)14-18(15)16-9-5-3-6-10-16;/h3-14H,1-2H3;1H/q+1;/p-1. The minimum Gasteiger partial charge on any atom is -1.00 e. The van der Waals surface area contributed by atoms with E-state index in [1.54, 1.807) is 0 Å². The fraction of sp³-hybridized carbons (Fsp3) is 0.105. The number of pyridine rings is 1. The molecule has 0 saturated heterocycles. The van der Waals surface area contributed by atoms with Gasteiger partial charge in [0, 0.05) is 17.2 Å². The summed E-state index contributed by atoms with van der Waals surface area (Å²) in [6.07, 6.45) is 2.22. The molecular weight excluding hydrogens is 369 g/mol. The second-order valence-corrected chi connectivity index (χ2v) is 5.10. The second-order valence-electron chi connectivity index (χ2n) is 5.10. The fourth-order valence-electron chi connectivity index (χ4n) is 2.57. The van der Waals surface area contributed by atoms with E-state index in [2.05, 4.69) is 91.5 Å². The van der Waals surface area contributed by atoms with Gasteiger partial charge in [0.2, 0.25) is 5.69 Å². The summed E-state index contributed by atoms with van der Waals surface area (Å²) in [6.45, 7) is 2.18. The summed E-state index contributed by atoms with van der Waals surface area (Å²) in [6, 6.07) is 23.3. The van der Waals surface area contributed by atoms with Gasteiger partial charge in [0.25, 0.3) is 0 Å². The van der Waals surface area contributed by atoms with Crippen LogP contribution in [0.2, 0.25) is 0 Å². The molecule has 0 aliphatic carbocycles. The summed E-state index contributed by atoms with van der Waals surface area (Å²) < 4.78 is 2.20. The first kappa shape index (κ1) is 15.7. The summed E-state index contributed by atoms with van der Waals surface area (Å²) in [5.74, 6) is 0. The molecule has 0 N–H and O–H groups in total. The quantitative estimate of drug-likeness (QED) is 0.459. The van der Waals surface area contributed by atoms with Gasteiger partial charge in [0.1, 0.15) is 7.05 Å². The Labute approximate surface area is 143 Å². The molecule has 3 rings (SSSR count). The van der Waals surface area contributed by atoms with Gasteiger partial charge in [-0.1, -0.05) is 48.5 Å². The number of halogens is 1. The number of nitrogens with zero attached hydrogens (tertiary/aromatic N) is 1. The molecule has 1 heterocycles. The molecule has 106 valence electrons. The molecule has 0 bridgehead atoms. The second kappa shape index (κ2) is 6.85. The summed E-state index contributed by atoms with van der Waals surface area (Å²) in [5, 5.41) is 0. The summed E-state index contributed by atoms with van der Waals surface area (Å²) in [7, 11) is 2.11. The molecule has 21 heavy (non-hydrogen) atoms. The van der Waals surface area contributed by atoms with Crippen LogP contribution in [-0.2, 0) is 7.05 Å². The van der Waals surface area contributed by atoms with E-state index >= 15 is 0 Å². The number of benzene rings is 2. The highest BCUT2D eigenvalue weighted by molar-refractivity contribution is 5.68. The van der Waals surface area contributed by atoms with Crippen LogP contribution in [-0.4, -0.2) is 0 Å². The van der Waals surface area contributed by atoms with Gasteiger partial charge in [-0.15, -0.1) is 0 Å². The first-order valence-corrected chi connectivity index (χ1v) is 6.87. The molecule has 0 amide bonds. The van der Waals surface area contributed by atoms with Gasteiger partial charge < -0.3 is 24.0 Å². The first-order valence-electron chi connectivity index (χ1n) is 6.87. The smallest absolute Gasteiger partial charge is 0.212 e. The van der Waals surface area contributed by atoms with E-state index in [0.29, 0.717) is 0 Å². The first-order chi connectivity index (χ1) is 9.75. The SMILES string of the molecule is Cc1cc(-c2ccccc2)[n+](C)cc1-c1ccccc1.[I-]. The molecule has 0 unspecified atom stereocenters. The van der Waals surface area contributed by atoms with Gasteiger partial charge in [0.05, 0.1) is 0 Å². The van der Waals surface area contributed by atoms with Crippen LogP contribution >= 0.6 is 0 Å². The minimum atomic E-state index is 0. The van der Waals surface area contributed by atoms with Gasteiger partial charge in [0.15, 0.2) is 6.20 Å². The van der Waals surface area contributed by atoms with Crippen LogP contribution in [0.1, 0.15) is 5.56 Å². The third-order valence-electron chi connectivity index (χ3n) is 3.64. The number of hydrogen-bond donors (Lipinski definition) is 0. The molecule has 0 spiro atoms. The number of rotatable bonds is 2. The lowest BCUT2D eigenvalue weighted by molar-refractivity contribution is -0.659. The van der Waals surface area contributed by atoms with Crippen molar-refractivity contribution < 1.29 is 28.5 Å². The summed E-state index contributed by atoms with van der Waals surface area (Å²) in [5.41, 5.74) is 6.33. The lowest BCUT2D eigenvalue weighted by Gasteiger charge is -2.07. The van der Waals surface area contributed by atoms with Crippen LogP contribution in [0.5, 0.6) is 0 Å². The highest BCUT2D eigenvalue weighted by Crippen LogP contribution is 2.25. The highest BCUT2D eigenvalue weighted by Gasteiger charge is 2.14. The molecular formula is C19H18IN. The molecule has 1 nitrogen and oxygen atoms in total. The van der Waals surface area contributed by atoms with E-state index in [0.717, 1.165) is 0 Å². The molecule has 0 aliphatic rings. The van der Waals surface area contributed by atoms with Crippen molar-refractivity contribution in [3.63, 3.8) is 0 Å². The monoisotopic (exact) mass is 387 g/mol. The van der Waals surface area contributed by atoms with E-state index in [1.165, 1.54) is 27.9 Å². The molecule has 2 heteroatoms. The molecule has 0 saturated carbocycles. The van der Waals surface area contributed by atoms with Gasteiger partial charge in [-0.25, -0.2) is 4.57 Å². The number of hydrogen-bond acceptors (Lipinski definition) is 0. The molecule has 0 radical (unpaired) electrons. The van der Waals surface area contributed by atoms with E-state index in [9.17, 15) is 0 Å². The average molecular weight is 387 g/mol. The summed E-state index contributed by atoms with van der Waals surface area (Å²) in [4.78, 5) is 0. The zero-order valence-corrected chi connectivity index (χ0v) is 14.4. The van der Waals surface area contributed by atoms with Crippen LogP contribution in [0.15, 0.2) is 72.9 Å². The van der Waals surface area contributed by atoms with E-state index in [4.69, 9.17) is 0 Å². The van der Waals surface area contributed by atoms with Crippen LogP contribution in [0, 0.1) is 6.92 Å². The Morgan fingerprint density at radius 2 is 1.29 bits per heavy atom. The Hall–Kier alpha value is -1.68. The van der Waals surface area contributed by atoms with Crippen molar-refractivity contribution in [2.75, 3.05) is 0 Å². The van der Waals surface area contributed by atoms with Crippen LogP contribution in [0.4, 0.5) is 0 Å². The zero-order valence-electron chi connectivity index (χ0n) is 12.3.